The molecule has 0 aromatic heterocycles. The molecule has 0 bridgehead atoms. The minimum atomic E-state index is 0. The van der Waals surface area contributed by atoms with Gasteiger partial charge in [0.05, 0.1) is 0 Å². The van der Waals surface area contributed by atoms with Gasteiger partial charge >= 0.3 is 0 Å². The first-order valence-corrected chi connectivity index (χ1v) is 9.82. The van der Waals surface area contributed by atoms with Crippen molar-refractivity contribution in [2.24, 2.45) is 34.5 Å². The maximum atomic E-state index is 4.34. The smallest absolute Gasteiger partial charge is 0 e. The molecule has 0 amide bonds. The van der Waals surface area contributed by atoms with Crippen LogP contribution in [0.2, 0.25) is 0 Å². The Balaban J connectivity index is 0.00000156. The van der Waals surface area contributed by atoms with Gasteiger partial charge in [-0.1, -0.05) is 44.1 Å². The van der Waals surface area contributed by atoms with E-state index in [-0.39, 0.29) is 1.43 Å². The van der Waals surface area contributed by atoms with Crippen LogP contribution in [-0.2, 0) is 0 Å². The van der Waals surface area contributed by atoms with Crippen LogP contribution >= 0.6 is 0 Å². The van der Waals surface area contributed by atoms with Crippen molar-refractivity contribution in [3.05, 3.63) is 23.8 Å². The minimum absolute atomic E-state index is 0. The molecule has 0 aliphatic heterocycles. The zero-order valence-corrected chi connectivity index (χ0v) is 15.0. The van der Waals surface area contributed by atoms with Crippen LogP contribution in [0.4, 0.5) is 0 Å². The van der Waals surface area contributed by atoms with E-state index in [1.54, 1.807) is 0 Å². The van der Waals surface area contributed by atoms with Crippen LogP contribution in [0.3, 0.4) is 0 Å². The van der Waals surface area contributed by atoms with Crippen molar-refractivity contribution in [2.75, 3.05) is 0 Å². The van der Waals surface area contributed by atoms with Gasteiger partial charge in [0.2, 0.25) is 0 Å². The summed E-state index contributed by atoms with van der Waals surface area (Å²) < 4.78 is 0. The normalized spacial score (nSPS) is 50.6. The lowest BCUT2D eigenvalue weighted by molar-refractivity contribution is -0.0359. The molecule has 0 saturated heterocycles. The lowest BCUT2D eigenvalue weighted by Crippen LogP contribution is -2.49. The molecule has 0 aromatic rings. The molecule has 6 atom stereocenters. The summed E-state index contributed by atoms with van der Waals surface area (Å²) in [5.41, 5.74) is 4.42. The van der Waals surface area contributed by atoms with Gasteiger partial charge in [0.1, 0.15) is 0 Å². The number of hydrogen-bond acceptors (Lipinski definition) is 0. The highest BCUT2D eigenvalue weighted by Gasteiger charge is 2.58. The average molecular weight is 301 g/mol. The first-order chi connectivity index (χ1) is 10.5. The summed E-state index contributed by atoms with van der Waals surface area (Å²) in [4.78, 5) is 0. The Morgan fingerprint density at radius 3 is 2.73 bits per heavy atom. The molecule has 0 radical (unpaired) electrons. The van der Waals surface area contributed by atoms with Crippen molar-refractivity contribution in [3.8, 4) is 0 Å². The Morgan fingerprint density at radius 2 is 1.95 bits per heavy atom. The van der Waals surface area contributed by atoms with Crippen LogP contribution in [0.5, 0.6) is 0 Å². The molecule has 0 aromatic carbocycles. The molecule has 4 aliphatic carbocycles. The van der Waals surface area contributed by atoms with Gasteiger partial charge in [-0.25, -0.2) is 0 Å². The van der Waals surface area contributed by atoms with E-state index in [4.69, 9.17) is 0 Å². The topological polar surface area (TPSA) is 0 Å². The molecule has 124 valence electrons. The third-order valence-electron chi connectivity index (χ3n) is 8.61. The second-order valence-corrected chi connectivity index (χ2v) is 9.49. The molecule has 0 spiro atoms. The van der Waals surface area contributed by atoms with E-state index in [9.17, 15) is 0 Å². The van der Waals surface area contributed by atoms with Gasteiger partial charge in [0.15, 0.2) is 0 Å². The largest absolute Gasteiger partial charge is 0.0998 e. The van der Waals surface area contributed by atoms with Crippen LogP contribution in [0.1, 0.15) is 80.0 Å². The van der Waals surface area contributed by atoms with E-state index in [0.717, 1.165) is 23.7 Å². The van der Waals surface area contributed by atoms with Crippen molar-refractivity contribution in [1.29, 1.82) is 0 Å². The van der Waals surface area contributed by atoms with E-state index in [0.29, 0.717) is 10.8 Å². The summed E-state index contributed by atoms with van der Waals surface area (Å²) >= 11 is 0. The molecule has 4 rings (SSSR count). The van der Waals surface area contributed by atoms with Crippen LogP contribution in [0.15, 0.2) is 23.8 Å². The van der Waals surface area contributed by atoms with Gasteiger partial charge in [0, 0.05) is 1.43 Å². The monoisotopic (exact) mass is 300 g/mol. The molecule has 3 saturated carbocycles. The Labute approximate surface area is 138 Å². The Morgan fingerprint density at radius 1 is 1.14 bits per heavy atom. The van der Waals surface area contributed by atoms with Gasteiger partial charge in [0.25, 0.3) is 0 Å². The lowest BCUT2D eigenvalue weighted by atomic mass is 9.47. The van der Waals surface area contributed by atoms with E-state index >= 15 is 0 Å². The molecule has 22 heavy (non-hydrogen) atoms. The van der Waals surface area contributed by atoms with E-state index < -0.39 is 0 Å². The van der Waals surface area contributed by atoms with Crippen LogP contribution in [0, 0.1) is 34.5 Å². The quantitative estimate of drug-likeness (QED) is 0.468. The number of rotatable bonds is 1. The highest BCUT2D eigenvalue weighted by Crippen LogP contribution is 2.66. The van der Waals surface area contributed by atoms with E-state index in [2.05, 4.69) is 33.4 Å². The summed E-state index contributed by atoms with van der Waals surface area (Å²) in [6.45, 7) is 11.9. The third-order valence-corrected chi connectivity index (χ3v) is 8.61. The van der Waals surface area contributed by atoms with Crippen molar-refractivity contribution < 1.29 is 1.43 Å². The molecule has 6 unspecified atom stereocenters. The fourth-order valence-corrected chi connectivity index (χ4v) is 7.51. The molecule has 0 heteroatoms. The van der Waals surface area contributed by atoms with Crippen molar-refractivity contribution in [2.45, 2.75) is 78.6 Å². The number of fused-ring (bicyclic) bond motifs is 5. The summed E-state index contributed by atoms with van der Waals surface area (Å²) in [5.74, 6) is 3.71. The summed E-state index contributed by atoms with van der Waals surface area (Å²) in [5, 5.41) is 0. The predicted octanol–water partition coefficient (Wildman–Crippen LogP) is 6.78. The van der Waals surface area contributed by atoms with Crippen molar-refractivity contribution in [3.63, 3.8) is 0 Å². The number of hydrogen-bond donors (Lipinski definition) is 0. The first kappa shape index (κ1) is 15.0. The zero-order chi connectivity index (χ0) is 15.5. The summed E-state index contributed by atoms with van der Waals surface area (Å²) in [6, 6.07) is 0. The molecule has 0 nitrogen and oxygen atoms in total. The Hall–Kier alpha value is -0.520. The van der Waals surface area contributed by atoms with E-state index in [1.807, 2.05) is 5.57 Å². The molecule has 3 fully saturated rings. The summed E-state index contributed by atoms with van der Waals surface area (Å²) in [6.07, 6.45) is 15.7. The van der Waals surface area contributed by atoms with Crippen LogP contribution in [-0.4, -0.2) is 0 Å². The molecule has 0 heterocycles. The van der Waals surface area contributed by atoms with Crippen molar-refractivity contribution >= 4 is 0 Å². The van der Waals surface area contributed by atoms with Gasteiger partial charge in [-0.05, 0) is 92.8 Å². The SMILES string of the molecule is C=C(C)C1CCC2C3CC=C4CCCCC4(C)C3CCC12C.[HH]. The third kappa shape index (κ3) is 1.88. The second-order valence-electron chi connectivity index (χ2n) is 9.49. The average Bonchev–Trinajstić information content (AvgIpc) is 2.84. The highest BCUT2D eigenvalue weighted by molar-refractivity contribution is 5.25. The highest BCUT2D eigenvalue weighted by atomic mass is 14.6. The second kappa shape index (κ2) is 4.99. The van der Waals surface area contributed by atoms with Crippen LogP contribution in [0.25, 0.3) is 0 Å². The Bertz CT molecular complexity index is 518. The molecule has 4 aliphatic rings. The number of allylic oxidation sites excluding steroid dienone is 3. The van der Waals surface area contributed by atoms with Crippen molar-refractivity contribution in [1.82, 2.24) is 0 Å². The maximum absolute atomic E-state index is 4.34. The first-order valence-electron chi connectivity index (χ1n) is 9.82. The summed E-state index contributed by atoms with van der Waals surface area (Å²) in [7, 11) is 0. The van der Waals surface area contributed by atoms with E-state index in [1.165, 1.54) is 63.4 Å². The fraction of sp³-hybridized carbons (Fsp3) is 0.818. The molecule has 0 N–H and O–H groups in total. The predicted molar refractivity (Wildman–Crippen MR) is 96.7 cm³/mol. The van der Waals surface area contributed by atoms with Gasteiger partial charge < -0.3 is 0 Å². The maximum Gasteiger partial charge on any atom is 0 e. The lowest BCUT2D eigenvalue weighted by Gasteiger charge is -2.57. The Kier molecular flexibility index (Phi) is 3.41. The molecular weight excluding hydrogens is 264 g/mol. The van der Waals surface area contributed by atoms with Gasteiger partial charge in [-0.3, -0.25) is 0 Å². The standard InChI is InChI=1S/C22H34.H2/c1-15(2)18-10-11-19-17-9-8-16-7-5-6-13-21(16,3)20(17)12-14-22(18,19)4;/h8,17-20H,1,5-7,9-14H2,2-4H3;1H. The minimum Gasteiger partial charge on any atom is -0.0998 e. The van der Waals surface area contributed by atoms with Gasteiger partial charge in [-0.15, -0.1) is 0 Å². The zero-order valence-electron chi connectivity index (χ0n) is 15.0. The van der Waals surface area contributed by atoms with Gasteiger partial charge in [-0.2, -0.15) is 0 Å². The van der Waals surface area contributed by atoms with Crippen LogP contribution < -0.4 is 0 Å². The molecular formula is C22H36. The fourth-order valence-electron chi connectivity index (χ4n) is 7.51.